The maximum atomic E-state index is 12.8. The summed E-state index contributed by atoms with van der Waals surface area (Å²) in [5.74, 6) is 0.557. The summed E-state index contributed by atoms with van der Waals surface area (Å²) in [4.78, 5) is 23.8. The summed E-state index contributed by atoms with van der Waals surface area (Å²) in [5.41, 5.74) is 2.29. The quantitative estimate of drug-likeness (QED) is 0.707. The third-order valence-corrected chi connectivity index (χ3v) is 5.27. The van der Waals surface area contributed by atoms with Gasteiger partial charge in [-0.3, -0.25) is 10.1 Å². The predicted molar refractivity (Wildman–Crippen MR) is 106 cm³/mol. The number of hydrogen-bond acceptors (Lipinski definition) is 5. The number of nitrogens with zero attached hydrogens (tertiary/aromatic N) is 3. The molecule has 2 aromatic heterocycles. The second-order valence-electron chi connectivity index (χ2n) is 6.07. The fourth-order valence-corrected chi connectivity index (χ4v) is 3.94. The SMILES string of the molecule is O=C(Nc1nc(-c2cccc(Cl)c2)cs1)c1cccnc1N1CCCC1. The van der Waals surface area contributed by atoms with Gasteiger partial charge in [-0.05, 0) is 37.1 Å². The molecule has 132 valence electrons. The number of rotatable bonds is 4. The van der Waals surface area contributed by atoms with Gasteiger partial charge >= 0.3 is 0 Å². The molecule has 1 aliphatic heterocycles. The molecule has 0 radical (unpaired) electrons. The van der Waals surface area contributed by atoms with Crippen LogP contribution in [0.2, 0.25) is 5.02 Å². The highest BCUT2D eigenvalue weighted by Gasteiger charge is 2.21. The van der Waals surface area contributed by atoms with Crippen molar-refractivity contribution >= 4 is 39.8 Å². The van der Waals surface area contributed by atoms with Crippen LogP contribution in [0.25, 0.3) is 11.3 Å². The Morgan fingerprint density at radius 1 is 1.19 bits per heavy atom. The number of thiazole rings is 1. The lowest BCUT2D eigenvalue weighted by molar-refractivity contribution is 0.102. The summed E-state index contributed by atoms with van der Waals surface area (Å²) >= 11 is 7.43. The Hall–Kier alpha value is -2.44. The Labute approximate surface area is 160 Å². The predicted octanol–water partition coefficient (Wildman–Crippen LogP) is 4.71. The number of anilines is 2. The number of carbonyl (C=O) groups is 1. The number of amides is 1. The number of aromatic nitrogens is 2. The molecule has 3 heterocycles. The van der Waals surface area contributed by atoms with Gasteiger partial charge in [0.25, 0.3) is 5.91 Å². The molecule has 0 bridgehead atoms. The average molecular weight is 385 g/mol. The molecule has 26 heavy (non-hydrogen) atoms. The smallest absolute Gasteiger partial charge is 0.261 e. The number of halogens is 1. The first-order valence-corrected chi connectivity index (χ1v) is 9.69. The van der Waals surface area contributed by atoms with Crippen LogP contribution in [0.4, 0.5) is 10.9 Å². The van der Waals surface area contributed by atoms with E-state index in [0.717, 1.165) is 43.0 Å². The van der Waals surface area contributed by atoms with Crippen molar-refractivity contribution in [2.24, 2.45) is 0 Å². The van der Waals surface area contributed by atoms with Crippen LogP contribution in [0.3, 0.4) is 0 Å². The van der Waals surface area contributed by atoms with Crippen molar-refractivity contribution in [1.29, 1.82) is 0 Å². The van der Waals surface area contributed by atoms with Crippen molar-refractivity contribution in [1.82, 2.24) is 9.97 Å². The fourth-order valence-electron chi connectivity index (χ4n) is 3.03. The van der Waals surface area contributed by atoms with E-state index in [2.05, 4.69) is 20.2 Å². The first-order valence-electron chi connectivity index (χ1n) is 8.43. The molecular weight excluding hydrogens is 368 g/mol. The average Bonchev–Trinajstić information content (AvgIpc) is 3.34. The van der Waals surface area contributed by atoms with Crippen LogP contribution in [0.1, 0.15) is 23.2 Å². The fraction of sp³-hybridized carbons (Fsp3) is 0.211. The number of hydrogen-bond donors (Lipinski definition) is 1. The van der Waals surface area contributed by atoms with Gasteiger partial charge in [0, 0.05) is 35.3 Å². The van der Waals surface area contributed by atoms with Crippen molar-refractivity contribution in [2.45, 2.75) is 12.8 Å². The zero-order chi connectivity index (χ0) is 17.9. The molecule has 1 amide bonds. The van der Waals surface area contributed by atoms with Crippen molar-refractivity contribution < 1.29 is 4.79 Å². The third-order valence-electron chi connectivity index (χ3n) is 4.28. The lowest BCUT2D eigenvalue weighted by Gasteiger charge is -2.19. The standard InChI is InChI=1S/C19H17ClN4OS/c20-14-6-3-5-13(11-14)16-12-26-19(22-16)23-18(25)15-7-4-8-21-17(15)24-9-1-2-10-24/h3-8,11-12H,1-2,9-10H2,(H,22,23,25). The Kier molecular flexibility index (Phi) is 4.86. The number of pyridine rings is 1. The molecule has 0 atom stereocenters. The van der Waals surface area contributed by atoms with Crippen LogP contribution >= 0.6 is 22.9 Å². The van der Waals surface area contributed by atoms with Gasteiger partial charge in [0.1, 0.15) is 5.82 Å². The highest BCUT2D eigenvalue weighted by molar-refractivity contribution is 7.14. The summed E-state index contributed by atoms with van der Waals surface area (Å²) in [6, 6.07) is 11.1. The number of benzene rings is 1. The molecular formula is C19H17ClN4OS. The van der Waals surface area contributed by atoms with Crippen molar-refractivity contribution in [3.8, 4) is 11.3 Å². The normalized spacial score (nSPS) is 13.8. The van der Waals surface area contributed by atoms with E-state index in [-0.39, 0.29) is 5.91 Å². The molecule has 0 aliphatic carbocycles. The van der Waals surface area contributed by atoms with E-state index in [0.29, 0.717) is 15.7 Å². The van der Waals surface area contributed by atoms with Crippen LogP contribution in [0, 0.1) is 0 Å². The second-order valence-corrected chi connectivity index (χ2v) is 7.37. The minimum Gasteiger partial charge on any atom is -0.356 e. The molecule has 1 aliphatic rings. The van der Waals surface area contributed by atoms with E-state index < -0.39 is 0 Å². The molecule has 1 saturated heterocycles. The maximum absolute atomic E-state index is 12.8. The Balaban J connectivity index is 1.54. The Morgan fingerprint density at radius 3 is 2.85 bits per heavy atom. The Morgan fingerprint density at radius 2 is 2.04 bits per heavy atom. The summed E-state index contributed by atoms with van der Waals surface area (Å²) < 4.78 is 0. The minimum absolute atomic E-state index is 0.188. The lowest BCUT2D eigenvalue weighted by atomic mass is 10.2. The van der Waals surface area contributed by atoms with E-state index in [1.807, 2.05) is 35.7 Å². The van der Waals surface area contributed by atoms with Crippen molar-refractivity contribution in [3.63, 3.8) is 0 Å². The monoisotopic (exact) mass is 384 g/mol. The van der Waals surface area contributed by atoms with Gasteiger partial charge in [-0.1, -0.05) is 23.7 Å². The van der Waals surface area contributed by atoms with Crippen molar-refractivity contribution in [3.05, 3.63) is 58.6 Å². The molecule has 1 fully saturated rings. The van der Waals surface area contributed by atoms with Gasteiger partial charge in [0.15, 0.2) is 5.13 Å². The van der Waals surface area contributed by atoms with Gasteiger partial charge in [-0.15, -0.1) is 11.3 Å². The topological polar surface area (TPSA) is 58.1 Å². The van der Waals surface area contributed by atoms with Crippen LogP contribution in [0.5, 0.6) is 0 Å². The van der Waals surface area contributed by atoms with Crippen molar-refractivity contribution in [2.75, 3.05) is 23.3 Å². The van der Waals surface area contributed by atoms with Crippen LogP contribution in [-0.4, -0.2) is 29.0 Å². The zero-order valence-corrected chi connectivity index (χ0v) is 15.6. The first kappa shape index (κ1) is 17.0. The van der Waals surface area contributed by atoms with Gasteiger partial charge in [0.2, 0.25) is 0 Å². The molecule has 4 rings (SSSR count). The summed E-state index contributed by atoms with van der Waals surface area (Å²) in [7, 11) is 0. The number of carbonyl (C=O) groups excluding carboxylic acids is 1. The molecule has 0 spiro atoms. The molecule has 0 saturated carbocycles. The van der Waals surface area contributed by atoms with Gasteiger partial charge in [-0.2, -0.15) is 0 Å². The summed E-state index contributed by atoms with van der Waals surface area (Å²) in [6.07, 6.45) is 3.99. The number of nitrogens with one attached hydrogen (secondary N) is 1. The van der Waals surface area contributed by atoms with E-state index in [4.69, 9.17) is 11.6 Å². The van der Waals surface area contributed by atoms with E-state index >= 15 is 0 Å². The highest BCUT2D eigenvalue weighted by Crippen LogP contribution is 2.28. The molecule has 1 aromatic carbocycles. The van der Waals surface area contributed by atoms with Gasteiger partial charge < -0.3 is 4.90 Å². The minimum atomic E-state index is -0.188. The highest BCUT2D eigenvalue weighted by atomic mass is 35.5. The van der Waals surface area contributed by atoms with E-state index in [9.17, 15) is 4.79 Å². The van der Waals surface area contributed by atoms with E-state index in [1.54, 1.807) is 12.3 Å². The molecule has 3 aromatic rings. The molecule has 5 nitrogen and oxygen atoms in total. The maximum Gasteiger partial charge on any atom is 0.261 e. The van der Waals surface area contributed by atoms with Crippen LogP contribution in [-0.2, 0) is 0 Å². The van der Waals surface area contributed by atoms with Gasteiger partial charge in [0.05, 0.1) is 11.3 Å². The molecule has 0 unspecified atom stereocenters. The van der Waals surface area contributed by atoms with Crippen LogP contribution < -0.4 is 10.2 Å². The first-order chi connectivity index (χ1) is 12.7. The lowest BCUT2D eigenvalue weighted by Crippen LogP contribution is -2.24. The Bertz CT molecular complexity index is 937. The molecule has 1 N–H and O–H groups in total. The van der Waals surface area contributed by atoms with Gasteiger partial charge in [-0.25, -0.2) is 9.97 Å². The second kappa shape index (κ2) is 7.43. The molecule has 7 heteroatoms. The third kappa shape index (κ3) is 3.57. The van der Waals surface area contributed by atoms with Crippen LogP contribution in [0.15, 0.2) is 48.0 Å². The summed E-state index contributed by atoms with van der Waals surface area (Å²) in [5, 5.41) is 6.02. The summed E-state index contributed by atoms with van der Waals surface area (Å²) in [6.45, 7) is 1.88. The van der Waals surface area contributed by atoms with E-state index in [1.165, 1.54) is 11.3 Å². The zero-order valence-electron chi connectivity index (χ0n) is 14.0. The largest absolute Gasteiger partial charge is 0.356 e.